The number of hydrogen-bond donors (Lipinski definition) is 3. The van der Waals surface area contributed by atoms with Crippen molar-refractivity contribution in [2.24, 2.45) is 0 Å². The standard InChI is InChI=1S/C16H28N2O2/c1-3-10-20-16-8-7-13(11-15(16)17)6-5-9-18-14(4-2)12-19/h7-8,11,14,18-19H,3-6,9-10,12,17H2,1-2H3. The summed E-state index contributed by atoms with van der Waals surface area (Å²) >= 11 is 0. The fourth-order valence-corrected chi connectivity index (χ4v) is 2.03. The van der Waals surface area contributed by atoms with E-state index in [1.165, 1.54) is 5.56 Å². The average Bonchev–Trinajstić information content (AvgIpc) is 2.46. The molecular weight excluding hydrogens is 252 g/mol. The van der Waals surface area contributed by atoms with Crippen molar-refractivity contribution in [3.05, 3.63) is 23.8 Å². The van der Waals surface area contributed by atoms with Crippen molar-refractivity contribution in [1.82, 2.24) is 5.32 Å². The molecule has 20 heavy (non-hydrogen) atoms. The van der Waals surface area contributed by atoms with Gasteiger partial charge in [-0.15, -0.1) is 0 Å². The molecule has 1 aromatic rings. The van der Waals surface area contributed by atoms with Crippen LogP contribution in [-0.2, 0) is 6.42 Å². The van der Waals surface area contributed by atoms with Gasteiger partial charge in [-0.2, -0.15) is 0 Å². The molecular formula is C16H28N2O2. The van der Waals surface area contributed by atoms with Crippen LogP contribution in [-0.4, -0.2) is 30.9 Å². The van der Waals surface area contributed by atoms with Crippen LogP contribution >= 0.6 is 0 Å². The van der Waals surface area contributed by atoms with E-state index >= 15 is 0 Å². The van der Waals surface area contributed by atoms with Crippen LogP contribution in [0.5, 0.6) is 5.75 Å². The number of hydrogen-bond acceptors (Lipinski definition) is 4. The predicted octanol–water partition coefficient (Wildman–Crippen LogP) is 2.35. The summed E-state index contributed by atoms with van der Waals surface area (Å²) in [5.74, 6) is 0.778. The quantitative estimate of drug-likeness (QED) is 0.454. The molecule has 0 fully saturated rings. The minimum absolute atomic E-state index is 0.201. The zero-order chi connectivity index (χ0) is 14.8. The predicted molar refractivity (Wildman–Crippen MR) is 84.1 cm³/mol. The largest absolute Gasteiger partial charge is 0.491 e. The molecule has 1 rings (SSSR count). The highest BCUT2D eigenvalue weighted by atomic mass is 16.5. The van der Waals surface area contributed by atoms with Gasteiger partial charge in [0.25, 0.3) is 0 Å². The van der Waals surface area contributed by atoms with Gasteiger partial charge in [0.05, 0.1) is 18.9 Å². The van der Waals surface area contributed by atoms with Crippen LogP contribution in [0.25, 0.3) is 0 Å². The van der Waals surface area contributed by atoms with Crippen LogP contribution in [0.15, 0.2) is 18.2 Å². The van der Waals surface area contributed by atoms with Gasteiger partial charge in [-0.1, -0.05) is 19.9 Å². The van der Waals surface area contributed by atoms with Crippen LogP contribution < -0.4 is 15.8 Å². The Kier molecular flexibility index (Phi) is 8.07. The van der Waals surface area contributed by atoms with Gasteiger partial charge in [0, 0.05) is 6.04 Å². The van der Waals surface area contributed by atoms with Crippen LogP contribution in [0.4, 0.5) is 5.69 Å². The summed E-state index contributed by atoms with van der Waals surface area (Å²) < 4.78 is 5.56. The number of aryl methyl sites for hydroxylation is 1. The highest BCUT2D eigenvalue weighted by Crippen LogP contribution is 2.23. The maximum Gasteiger partial charge on any atom is 0.142 e. The molecule has 1 unspecified atom stereocenters. The summed E-state index contributed by atoms with van der Waals surface area (Å²) in [4.78, 5) is 0. The summed E-state index contributed by atoms with van der Waals surface area (Å²) in [6, 6.07) is 6.24. The third kappa shape index (κ3) is 5.80. The first-order valence-corrected chi connectivity index (χ1v) is 7.56. The summed E-state index contributed by atoms with van der Waals surface area (Å²) in [6.45, 7) is 5.96. The van der Waals surface area contributed by atoms with Crippen molar-refractivity contribution in [2.75, 3.05) is 25.5 Å². The molecule has 0 spiro atoms. The molecule has 0 aliphatic heterocycles. The molecule has 114 valence electrons. The summed E-state index contributed by atoms with van der Waals surface area (Å²) in [5.41, 5.74) is 7.92. The lowest BCUT2D eigenvalue weighted by atomic mass is 10.1. The molecule has 0 saturated heterocycles. The highest BCUT2D eigenvalue weighted by Gasteiger charge is 2.04. The van der Waals surface area contributed by atoms with Gasteiger partial charge in [0.1, 0.15) is 5.75 Å². The Bertz CT molecular complexity index is 379. The van der Waals surface area contributed by atoms with Gasteiger partial charge in [-0.3, -0.25) is 0 Å². The second kappa shape index (κ2) is 9.61. The maximum absolute atomic E-state index is 9.09. The summed E-state index contributed by atoms with van der Waals surface area (Å²) in [6.07, 6.45) is 3.95. The van der Waals surface area contributed by atoms with Gasteiger partial charge in [0.2, 0.25) is 0 Å². The van der Waals surface area contributed by atoms with Crippen molar-refractivity contribution in [2.45, 2.75) is 45.6 Å². The monoisotopic (exact) mass is 280 g/mol. The number of rotatable bonds is 10. The van der Waals surface area contributed by atoms with Crippen molar-refractivity contribution in [3.8, 4) is 5.75 Å². The molecule has 0 heterocycles. The van der Waals surface area contributed by atoms with E-state index in [2.05, 4.69) is 25.2 Å². The number of ether oxygens (including phenoxy) is 1. The molecule has 0 saturated carbocycles. The SMILES string of the molecule is CCCOc1ccc(CCCNC(CC)CO)cc1N. The van der Waals surface area contributed by atoms with Crippen molar-refractivity contribution in [3.63, 3.8) is 0 Å². The average molecular weight is 280 g/mol. The zero-order valence-corrected chi connectivity index (χ0v) is 12.7. The van der Waals surface area contributed by atoms with Crippen molar-refractivity contribution >= 4 is 5.69 Å². The van der Waals surface area contributed by atoms with Crippen LogP contribution in [0.2, 0.25) is 0 Å². The van der Waals surface area contributed by atoms with E-state index in [9.17, 15) is 0 Å². The minimum Gasteiger partial charge on any atom is -0.491 e. The fraction of sp³-hybridized carbons (Fsp3) is 0.625. The van der Waals surface area contributed by atoms with E-state index in [-0.39, 0.29) is 12.6 Å². The molecule has 0 aromatic heterocycles. The summed E-state index contributed by atoms with van der Waals surface area (Å²) in [7, 11) is 0. The molecule has 0 radical (unpaired) electrons. The fourth-order valence-electron chi connectivity index (χ4n) is 2.03. The van der Waals surface area contributed by atoms with Crippen LogP contribution in [0.1, 0.15) is 38.7 Å². The Hall–Kier alpha value is -1.26. The van der Waals surface area contributed by atoms with Gasteiger partial charge < -0.3 is 20.9 Å². The molecule has 0 aliphatic carbocycles. The molecule has 0 amide bonds. The van der Waals surface area contributed by atoms with Crippen LogP contribution in [0, 0.1) is 0 Å². The molecule has 0 bridgehead atoms. The van der Waals surface area contributed by atoms with Gasteiger partial charge in [0.15, 0.2) is 0 Å². The lowest BCUT2D eigenvalue weighted by molar-refractivity contribution is 0.239. The molecule has 4 nitrogen and oxygen atoms in total. The van der Waals surface area contributed by atoms with E-state index < -0.39 is 0 Å². The molecule has 1 aromatic carbocycles. The Morgan fingerprint density at radius 1 is 1.35 bits per heavy atom. The first-order chi connectivity index (χ1) is 9.71. The highest BCUT2D eigenvalue weighted by molar-refractivity contribution is 5.54. The lowest BCUT2D eigenvalue weighted by Gasteiger charge is -2.14. The number of nitrogens with one attached hydrogen (secondary N) is 1. The van der Waals surface area contributed by atoms with E-state index in [1.54, 1.807) is 0 Å². The number of aliphatic hydroxyl groups is 1. The maximum atomic E-state index is 9.09. The normalized spacial score (nSPS) is 12.3. The molecule has 4 N–H and O–H groups in total. The number of nitrogen functional groups attached to an aromatic ring is 1. The number of nitrogens with two attached hydrogens (primary N) is 1. The third-order valence-corrected chi connectivity index (χ3v) is 3.32. The topological polar surface area (TPSA) is 67.5 Å². The molecule has 1 atom stereocenters. The number of anilines is 1. The minimum atomic E-state index is 0.201. The van der Waals surface area contributed by atoms with Gasteiger partial charge >= 0.3 is 0 Å². The number of benzene rings is 1. The Labute approximate surface area is 122 Å². The Morgan fingerprint density at radius 2 is 2.15 bits per heavy atom. The van der Waals surface area contributed by atoms with Gasteiger partial charge in [-0.05, 0) is 49.9 Å². The van der Waals surface area contributed by atoms with Gasteiger partial charge in [-0.25, -0.2) is 0 Å². The lowest BCUT2D eigenvalue weighted by Crippen LogP contribution is -2.32. The number of aliphatic hydroxyl groups excluding tert-OH is 1. The van der Waals surface area contributed by atoms with E-state index in [0.29, 0.717) is 12.3 Å². The van der Waals surface area contributed by atoms with E-state index in [4.69, 9.17) is 15.6 Å². The second-order valence-corrected chi connectivity index (χ2v) is 5.07. The molecule has 4 heteroatoms. The summed E-state index contributed by atoms with van der Waals surface area (Å²) in [5, 5.41) is 12.4. The second-order valence-electron chi connectivity index (χ2n) is 5.07. The van der Waals surface area contributed by atoms with Crippen LogP contribution in [0.3, 0.4) is 0 Å². The van der Waals surface area contributed by atoms with E-state index in [0.717, 1.165) is 38.0 Å². The Morgan fingerprint density at radius 3 is 2.75 bits per heavy atom. The smallest absolute Gasteiger partial charge is 0.142 e. The van der Waals surface area contributed by atoms with E-state index in [1.807, 2.05) is 12.1 Å². The third-order valence-electron chi connectivity index (χ3n) is 3.32. The first kappa shape index (κ1) is 16.8. The van der Waals surface area contributed by atoms with Crippen molar-refractivity contribution < 1.29 is 9.84 Å². The Balaban J connectivity index is 2.35. The zero-order valence-electron chi connectivity index (χ0n) is 12.7. The first-order valence-electron chi connectivity index (χ1n) is 7.56. The van der Waals surface area contributed by atoms with Crippen molar-refractivity contribution in [1.29, 1.82) is 0 Å². The molecule has 0 aliphatic rings.